The summed E-state index contributed by atoms with van der Waals surface area (Å²) in [5.41, 5.74) is 3.05. The minimum absolute atomic E-state index is 0.105. The molecule has 4 rings (SSSR count). The maximum atomic E-state index is 10.5. The number of aliphatic carboxylic acids is 1. The first-order valence-corrected chi connectivity index (χ1v) is 10.8. The van der Waals surface area contributed by atoms with Crippen LogP contribution in [0.4, 0.5) is 0 Å². The minimum Gasteiger partial charge on any atom is -0.478 e. The summed E-state index contributed by atoms with van der Waals surface area (Å²) in [6.07, 6.45) is 13.5. The molecule has 0 saturated heterocycles. The van der Waals surface area contributed by atoms with Gasteiger partial charge in [-0.05, 0) is 80.6 Å². The molecule has 4 aliphatic rings. The number of oxime groups is 1. The van der Waals surface area contributed by atoms with Gasteiger partial charge in [0.25, 0.3) is 0 Å². The molecule has 0 amide bonds. The van der Waals surface area contributed by atoms with E-state index < -0.39 is 5.97 Å². The Balaban J connectivity index is 1.50. The first-order chi connectivity index (χ1) is 13.3. The van der Waals surface area contributed by atoms with E-state index >= 15 is 0 Å². The molecule has 0 bridgehead atoms. The summed E-state index contributed by atoms with van der Waals surface area (Å²) in [6, 6.07) is 0. The van der Waals surface area contributed by atoms with Crippen molar-refractivity contribution in [3.8, 4) is 0 Å². The number of carboxylic acid groups (broad SMARTS) is 1. The molecule has 4 aliphatic carbocycles. The SMILES string of the molecule is C[C@]12CC[C@H](O)CC1=CC[C@@H]1[C@@H]2CC[C@]2(C)/C(=N/OC/C=C/C(=O)O)CC[C@@H]12. The monoisotopic (exact) mass is 387 g/mol. The maximum absolute atomic E-state index is 10.5. The minimum atomic E-state index is -0.962. The van der Waals surface area contributed by atoms with Gasteiger partial charge in [-0.3, -0.25) is 0 Å². The van der Waals surface area contributed by atoms with Gasteiger partial charge in [0, 0.05) is 11.5 Å². The van der Waals surface area contributed by atoms with E-state index in [-0.39, 0.29) is 23.5 Å². The van der Waals surface area contributed by atoms with Crippen molar-refractivity contribution < 1.29 is 19.8 Å². The summed E-state index contributed by atoms with van der Waals surface area (Å²) in [6.45, 7) is 5.02. The zero-order valence-corrected chi connectivity index (χ0v) is 17.1. The van der Waals surface area contributed by atoms with Gasteiger partial charge in [-0.15, -0.1) is 0 Å². The molecule has 154 valence electrons. The fourth-order valence-electron chi connectivity index (χ4n) is 6.89. The van der Waals surface area contributed by atoms with E-state index in [1.807, 2.05) is 0 Å². The van der Waals surface area contributed by atoms with Crippen molar-refractivity contribution in [3.63, 3.8) is 0 Å². The lowest BCUT2D eigenvalue weighted by Crippen LogP contribution is -2.50. The van der Waals surface area contributed by atoms with Crippen LogP contribution in [0.5, 0.6) is 0 Å². The van der Waals surface area contributed by atoms with Crippen LogP contribution in [0.25, 0.3) is 0 Å². The number of allylic oxidation sites excluding steroid dienone is 1. The smallest absolute Gasteiger partial charge is 0.328 e. The predicted octanol–water partition coefficient (Wildman–Crippen LogP) is 4.32. The molecule has 5 heteroatoms. The Hall–Kier alpha value is -1.62. The fourth-order valence-corrected chi connectivity index (χ4v) is 6.89. The molecule has 3 saturated carbocycles. The van der Waals surface area contributed by atoms with Crippen molar-refractivity contribution in [1.29, 1.82) is 0 Å². The highest BCUT2D eigenvalue weighted by Crippen LogP contribution is 2.64. The zero-order valence-electron chi connectivity index (χ0n) is 17.1. The maximum Gasteiger partial charge on any atom is 0.328 e. The average molecular weight is 388 g/mol. The normalized spacial score (nSPS) is 44.0. The highest BCUT2D eigenvalue weighted by atomic mass is 16.6. The van der Waals surface area contributed by atoms with Gasteiger partial charge in [-0.1, -0.05) is 30.7 Å². The zero-order chi connectivity index (χ0) is 19.9. The Morgan fingerprint density at radius 2 is 2.00 bits per heavy atom. The highest BCUT2D eigenvalue weighted by Gasteiger charge is 2.58. The molecule has 0 aromatic carbocycles. The number of carboxylic acids is 1. The van der Waals surface area contributed by atoms with Crippen molar-refractivity contribution in [2.45, 2.75) is 71.3 Å². The van der Waals surface area contributed by atoms with Crippen LogP contribution < -0.4 is 0 Å². The van der Waals surface area contributed by atoms with Crippen LogP contribution in [-0.4, -0.2) is 34.6 Å². The Morgan fingerprint density at radius 1 is 1.25 bits per heavy atom. The second-order valence-corrected chi connectivity index (χ2v) is 9.73. The summed E-state index contributed by atoms with van der Waals surface area (Å²) < 4.78 is 0. The van der Waals surface area contributed by atoms with Crippen molar-refractivity contribution in [2.24, 2.45) is 33.7 Å². The third-order valence-electron chi connectivity index (χ3n) is 8.42. The predicted molar refractivity (Wildman–Crippen MR) is 108 cm³/mol. The number of aliphatic hydroxyl groups is 1. The Bertz CT molecular complexity index is 726. The molecule has 5 nitrogen and oxygen atoms in total. The van der Waals surface area contributed by atoms with Crippen molar-refractivity contribution in [1.82, 2.24) is 0 Å². The van der Waals surface area contributed by atoms with Gasteiger partial charge in [-0.25, -0.2) is 4.79 Å². The fraction of sp³-hybridized carbons (Fsp3) is 0.739. The van der Waals surface area contributed by atoms with Gasteiger partial charge in [-0.2, -0.15) is 0 Å². The molecule has 6 atom stereocenters. The molecular formula is C23H33NO4. The topological polar surface area (TPSA) is 79.1 Å². The van der Waals surface area contributed by atoms with E-state index in [1.54, 1.807) is 0 Å². The third-order valence-corrected chi connectivity index (χ3v) is 8.42. The van der Waals surface area contributed by atoms with Gasteiger partial charge in [0.1, 0.15) is 6.61 Å². The summed E-state index contributed by atoms with van der Waals surface area (Å²) in [4.78, 5) is 16.0. The van der Waals surface area contributed by atoms with Crippen molar-refractivity contribution >= 4 is 11.7 Å². The van der Waals surface area contributed by atoms with Crippen LogP contribution in [0.3, 0.4) is 0 Å². The van der Waals surface area contributed by atoms with Crippen LogP contribution in [0.2, 0.25) is 0 Å². The van der Waals surface area contributed by atoms with Gasteiger partial charge in [0.05, 0.1) is 11.8 Å². The molecule has 0 unspecified atom stereocenters. The molecule has 0 aromatic heterocycles. The van der Waals surface area contributed by atoms with E-state index in [9.17, 15) is 9.90 Å². The van der Waals surface area contributed by atoms with Crippen LogP contribution in [0.15, 0.2) is 29.0 Å². The number of hydrogen-bond donors (Lipinski definition) is 2. The standard InChI is InChI=1S/C23H33NO4/c1-22-11-9-16(25)14-15(22)5-6-17-18-7-8-20(23(18,2)12-10-19(17)22)24-28-13-3-4-21(26)27/h3-5,16-19,25H,6-14H2,1-2H3,(H,26,27)/b4-3+,24-20+/t16-,17-,18-,19-,22-,23-/m0/s1. The molecule has 0 spiro atoms. The summed E-state index contributed by atoms with van der Waals surface area (Å²) in [5, 5.41) is 23.2. The second kappa shape index (κ2) is 7.33. The molecule has 28 heavy (non-hydrogen) atoms. The van der Waals surface area contributed by atoms with Gasteiger partial charge in [0.15, 0.2) is 0 Å². The number of rotatable bonds is 4. The quantitative estimate of drug-likeness (QED) is 0.326. The van der Waals surface area contributed by atoms with E-state index in [0.29, 0.717) is 11.8 Å². The van der Waals surface area contributed by atoms with E-state index in [4.69, 9.17) is 9.94 Å². The lowest BCUT2D eigenvalue weighted by Gasteiger charge is -2.57. The van der Waals surface area contributed by atoms with E-state index in [1.165, 1.54) is 30.2 Å². The van der Waals surface area contributed by atoms with E-state index in [2.05, 4.69) is 25.1 Å². The first-order valence-electron chi connectivity index (χ1n) is 10.8. The van der Waals surface area contributed by atoms with Gasteiger partial charge in [0.2, 0.25) is 0 Å². The Labute approximate surface area is 167 Å². The van der Waals surface area contributed by atoms with Gasteiger partial charge < -0.3 is 15.1 Å². The number of carbonyl (C=O) groups is 1. The molecule has 3 fully saturated rings. The highest BCUT2D eigenvalue weighted by molar-refractivity contribution is 5.92. The lowest BCUT2D eigenvalue weighted by atomic mass is 9.48. The van der Waals surface area contributed by atoms with Crippen LogP contribution in [0.1, 0.15) is 65.2 Å². The first kappa shape index (κ1) is 19.7. The number of nitrogens with zero attached hydrogens (tertiary/aromatic N) is 1. The largest absolute Gasteiger partial charge is 0.478 e. The second-order valence-electron chi connectivity index (χ2n) is 9.73. The van der Waals surface area contributed by atoms with Crippen LogP contribution in [-0.2, 0) is 9.63 Å². The molecule has 2 N–H and O–H groups in total. The summed E-state index contributed by atoms with van der Waals surface area (Å²) >= 11 is 0. The molecule has 0 radical (unpaired) electrons. The van der Waals surface area contributed by atoms with Crippen molar-refractivity contribution in [3.05, 3.63) is 23.8 Å². The average Bonchev–Trinajstić information content (AvgIpc) is 2.98. The number of fused-ring (bicyclic) bond motifs is 5. The Kier molecular flexibility index (Phi) is 5.15. The number of hydrogen-bond acceptors (Lipinski definition) is 4. The number of aliphatic hydroxyl groups excluding tert-OH is 1. The summed E-state index contributed by atoms with van der Waals surface area (Å²) in [5.74, 6) is 1.10. The van der Waals surface area contributed by atoms with Crippen LogP contribution in [0, 0.1) is 28.6 Å². The van der Waals surface area contributed by atoms with Crippen LogP contribution >= 0.6 is 0 Å². The molecule has 0 heterocycles. The summed E-state index contributed by atoms with van der Waals surface area (Å²) in [7, 11) is 0. The Morgan fingerprint density at radius 3 is 2.79 bits per heavy atom. The third kappa shape index (κ3) is 3.22. The molecular weight excluding hydrogens is 354 g/mol. The molecule has 0 aliphatic heterocycles. The van der Waals surface area contributed by atoms with Crippen molar-refractivity contribution in [2.75, 3.05) is 6.61 Å². The molecule has 0 aromatic rings. The van der Waals surface area contributed by atoms with Gasteiger partial charge >= 0.3 is 5.97 Å². The lowest BCUT2D eigenvalue weighted by molar-refractivity contribution is -0.131. The van der Waals surface area contributed by atoms with E-state index in [0.717, 1.165) is 50.5 Å².